The molecule has 1 aliphatic heterocycles. The molecule has 2 amide bonds. The SMILES string of the molecule is CC1CCC(=O)N1c1cccc(NC(=O)c2ccc3ncsc3c2)c1. The van der Waals surface area contributed by atoms with Crippen molar-refractivity contribution in [3.8, 4) is 0 Å². The average molecular weight is 351 g/mol. The highest BCUT2D eigenvalue weighted by Gasteiger charge is 2.28. The van der Waals surface area contributed by atoms with Crippen molar-refractivity contribution in [3.05, 3.63) is 53.5 Å². The predicted octanol–water partition coefficient (Wildman–Crippen LogP) is 4.06. The van der Waals surface area contributed by atoms with Gasteiger partial charge in [-0.1, -0.05) is 6.07 Å². The second-order valence-electron chi connectivity index (χ2n) is 6.19. The van der Waals surface area contributed by atoms with Gasteiger partial charge in [0.05, 0.1) is 15.7 Å². The largest absolute Gasteiger partial charge is 0.322 e. The Kier molecular flexibility index (Phi) is 3.97. The number of amides is 2. The number of aromatic nitrogens is 1. The molecule has 0 saturated carbocycles. The number of thiazole rings is 1. The van der Waals surface area contributed by atoms with E-state index in [4.69, 9.17) is 0 Å². The molecule has 0 aliphatic carbocycles. The lowest BCUT2D eigenvalue weighted by molar-refractivity contribution is -0.117. The molecule has 6 heteroatoms. The van der Waals surface area contributed by atoms with Crippen molar-refractivity contribution in [2.45, 2.75) is 25.8 Å². The van der Waals surface area contributed by atoms with Crippen LogP contribution >= 0.6 is 11.3 Å². The summed E-state index contributed by atoms with van der Waals surface area (Å²) in [5.74, 6) is -0.0418. The first-order valence-electron chi connectivity index (χ1n) is 8.18. The van der Waals surface area contributed by atoms with Gasteiger partial charge in [0, 0.05) is 29.4 Å². The molecule has 0 bridgehead atoms. The fourth-order valence-electron chi connectivity index (χ4n) is 3.16. The third-order valence-corrected chi connectivity index (χ3v) is 5.25. The first-order chi connectivity index (χ1) is 12.1. The standard InChI is InChI=1S/C19H17N3O2S/c1-12-5-8-18(23)22(12)15-4-2-3-14(10-15)21-19(24)13-6-7-16-17(9-13)25-11-20-16/h2-4,6-7,9-12H,5,8H2,1H3,(H,21,24). The number of anilines is 2. The lowest BCUT2D eigenvalue weighted by atomic mass is 10.2. The molecule has 5 nitrogen and oxygen atoms in total. The van der Waals surface area contributed by atoms with Crippen LogP contribution in [0.1, 0.15) is 30.1 Å². The Balaban J connectivity index is 1.57. The zero-order valence-electron chi connectivity index (χ0n) is 13.7. The van der Waals surface area contributed by atoms with Crippen LogP contribution in [0.4, 0.5) is 11.4 Å². The number of nitrogens with one attached hydrogen (secondary N) is 1. The van der Waals surface area contributed by atoms with Gasteiger partial charge < -0.3 is 10.2 Å². The number of hydrogen-bond acceptors (Lipinski definition) is 4. The van der Waals surface area contributed by atoms with Crippen LogP contribution in [0.25, 0.3) is 10.2 Å². The molecule has 1 saturated heterocycles. The Hall–Kier alpha value is -2.73. The van der Waals surface area contributed by atoms with Crippen molar-refractivity contribution in [2.75, 3.05) is 10.2 Å². The summed E-state index contributed by atoms with van der Waals surface area (Å²) < 4.78 is 0.984. The van der Waals surface area contributed by atoms with Crippen molar-refractivity contribution in [2.24, 2.45) is 0 Å². The van der Waals surface area contributed by atoms with E-state index in [1.165, 1.54) is 11.3 Å². The zero-order valence-corrected chi connectivity index (χ0v) is 14.5. The van der Waals surface area contributed by atoms with Gasteiger partial charge in [-0.3, -0.25) is 9.59 Å². The third kappa shape index (κ3) is 3.00. The number of carbonyl (C=O) groups is 2. The molecule has 2 aromatic carbocycles. The summed E-state index contributed by atoms with van der Waals surface area (Å²) >= 11 is 1.51. The monoisotopic (exact) mass is 351 g/mol. The van der Waals surface area contributed by atoms with Crippen LogP contribution in [-0.4, -0.2) is 22.8 Å². The van der Waals surface area contributed by atoms with Crippen LogP contribution in [0.15, 0.2) is 48.0 Å². The second kappa shape index (κ2) is 6.29. The maximum absolute atomic E-state index is 12.5. The second-order valence-corrected chi connectivity index (χ2v) is 7.08. The van der Waals surface area contributed by atoms with Gasteiger partial charge in [0.2, 0.25) is 5.91 Å². The van der Waals surface area contributed by atoms with Crippen molar-refractivity contribution < 1.29 is 9.59 Å². The van der Waals surface area contributed by atoms with E-state index in [-0.39, 0.29) is 17.9 Å². The van der Waals surface area contributed by atoms with Gasteiger partial charge in [-0.05, 0) is 49.7 Å². The Morgan fingerprint density at radius 1 is 1.28 bits per heavy atom. The van der Waals surface area contributed by atoms with Gasteiger partial charge in [-0.15, -0.1) is 11.3 Å². The smallest absolute Gasteiger partial charge is 0.255 e. The predicted molar refractivity (Wildman–Crippen MR) is 100 cm³/mol. The molecule has 1 fully saturated rings. The number of carbonyl (C=O) groups excluding carboxylic acids is 2. The number of hydrogen-bond donors (Lipinski definition) is 1. The van der Waals surface area contributed by atoms with E-state index in [0.29, 0.717) is 17.7 Å². The summed E-state index contributed by atoms with van der Waals surface area (Å²) in [4.78, 5) is 30.6. The fraction of sp³-hybridized carbons (Fsp3) is 0.211. The molecule has 1 atom stereocenters. The third-order valence-electron chi connectivity index (χ3n) is 4.46. The van der Waals surface area contributed by atoms with E-state index >= 15 is 0 Å². The molecule has 1 unspecified atom stereocenters. The molecule has 1 N–H and O–H groups in total. The minimum Gasteiger partial charge on any atom is -0.322 e. The van der Waals surface area contributed by atoms with Gasteiger partial charge in [0.25, 0.3) is 5.91 Å². The number of fused-ring (bicyclic) bond motifs is 1. The lowest BCUT2D eigenvalue weighted by Crippen LogP contribution is -2.30. The van der Waals surface area contributed by atoms with Gasteiger partial charge >= 0.3 is 0 Å². The summed E-state index contributed by atoms with van der Waals surface area (Å²) in [5.41, 5.74) is 4.76. The Labute approximate surface area is 149 Å². The molecule has 1 aliphatic rings. The minimum absolute atomic E-state index is 0.131. The van der Waals surface area contributed by atoms with Gasteiger partial charge in [-0.2, -0.15) is 0 Å². The van der Waals surface area contributed by atoms with E-state index in [2.05, 4.69) is 10.3 Å². The summed E-state index contributed by atoms with van der Waals surface area (Å²) in [6.07, 6.45) is 1.44. The maximum atomic E-state index is 12.5. The van der Waals surface area contributed by atoms with Crippen LogP contribution < -0.4 is 10.2 Å². The molecule has 2 heterocycles. The van der Waals surface area contributed by atoms with E-state index in [9.17, 15) is 9.59 Å². The molecular weight excluding hydrogens is 334 g/mol. The summed E-state index contributed by atoms with van der Waals surface area (Å²) in [5, 5.41) is 2.92. The fourth-order valence-corrected chi connectivity index (χ4v) is 3.88. The molecule has 0 spiro atoms. The first kappa shape index (κ1) is 15.8. The number of nitrogens with zero attached hydrogens (tertiary/aromatic N) is 2. The zero-order chi connectivity index (χ0) is 17.4. The molecule has 0 radical (unpaired) electrons. The Bertz CT molecular complexity index is 966. The van der Waals surface area contributed by atoms with E-state index in [1.807, 2.05) is 43.3 Å². The molecule has 4 rings (SSSR count). The minimum atomic E-state index is -0.173. The van der Waals surface area contributed by atoms with Crippen molar-refractivity contribution in [1.82, 2.24) is 4.98 Å². The summed E-state index contributed by atoms with van der Waals surface area (Å²) in [6, 6.07) is 13.1. The van der Waals surface area contributed by atoms with Crippen LogP contribution in [0, 0.1) is 0 Å². The molecule has 126 valence electrons. The first-order valence-corrected chi connectivity index (χ1v) is 9.06. The van der Waals surface area contributed by atoms with Gasteiger partial charge in [-0.25, -0.2) is 4.98 Å². The van der Waals surface area contributed by atoms with E-state index < -0.39 is 0 Å². The van der Waals surface area contributed by atoms with Crippen molar-refractivity contribution in [1.29, 1.82) is 0 Å². The molecule has 3 aromatic rings. The Morgan fingerprint density at radius 2 is 2.16 bits per heavy atom. The van der Waals surface area contributed by atoms with E-state index in [1.54, 1.807) is 16.5 Å². The quantitative estimate of drug-likeness (QED) is 0.774. The Morgan fingerprint density at radius 3 is 2.96 bits per heavy atom. The number of rotatable bonds is 3. The van der Waals surface area contributed by atoms with Crippen LogP contribution in [0.2, 0.25) is 0 Å². The average Bonchev–Trinajstić information content (AvgIpc) is 3.20. The highest BCUT2D eigenvalue weighted by molar-refractivity contribution is 7.16. The van der Waals surface area contributed by atoms with Crippen LogP contribution in [-0.2, 0) is 4.79 Å². The molecular formula is C19H17N3O2S. The summed E-state index contributed by atoms with van der Waals surface area (Å²) in [7, 11) is 0. The summed E-state index contributed by atoms with van der Waals surface area (Å²) in [6.45, 7) is 2.04. The van der Waals surface area contributed by atoms with E-state index in [0.717, 1.165) is 22.3 Å². The van der Waals surface area contributed by atoms with Gasteiger partial charge in [0.15, 0.2) is 0 Å². The molecule has 25 heavy (non-hydrogen) atoms. The van der Waals surface area contributed by atoms with Crippen molar-refractivity contribution in [3.63, 3.8) is 0 Å². The number of benzene rings is 2. The topological polar surface area (TPSA) is 62.3 Å². The van der Waals surface area contributed by atoms with Crippen LogP contribution in [0.3, 0.4) is 0 Å². The maximum Gasteiger partial charge on any atom is 0.255 e. The highest BCUT2D eigenvalue weighted by Crippen LogP contribution is 2.28. The lowest BCUT2D eigenvalue weighted by Gasteiger charge is -2.22. The molecule has 1 aromatic heterocycles. The van der Waals surface area contributed by atoms with Crippen LogP contribution in [0.5, 0.6) is 0 Å². The van der Waals surface area contributed by atoms with Crippen molar-refractivity contribution >= 4 is 44.7 Å². The highest BCUT2D eigenvalue weighted by atomic mass is 32.1. The normalized spacial score (nSPS) is 17.2. The van der Waals surface area contributed by atoms with Gasteiger partial charge in [0.1, 0.15) is 0 Å².